The van der Waals surface area contributed by atoms with Crippen molar-refractivity contribution in [3.8, 4) is 0 Å². The molecule has 25 heavy (non-hydrogen) atoms. The fourth-order valence-electron chi connectivity index (χ4n) is 3.81. The molecule has 0 saturated carbocycles. The van der Waals surface area contributed by atoms with Crippen molar-refractivity contribution in [2.45, 2.75) is 44.8 Å². The number of β-amino-alcohol motifs (C(OH)–C–C–N with tert-alkyl or cyclic N) is 1. The monoisotopic (exact) mass is 350 g/mol. The Kier molecular flexibility index (Phi) is 6.09. The van der Waals surface area contributed by atoms with Gasteiger partial charge in [-0.3, -0.25) is 4.79 Å². The Morgan fingerprint density at radius 1 is 1.36 bits per heavy atom. The van der Waals surface area contributed by atoms with Gasteiger partial charge in [-0.1, -0.05) is 6.92 Å². The summed E-state index contributed by atoms with van der Waals surface area (Å²) in [6.45, 7) is 7.01. The molecule has 140 valence electrons. The summed E-state index contributed by atoms with van der Waals surface area (Å²) in [4.78, 5) is 21.0. The zero-order valence-electron chi connectivity index (χ0n) is 15.2. The summed E-state index contributed by atoms with van der Waals surface area (Å²) in [6, 6.07) is 0. The van der Waals surface area contributed by atoms with Gasteiger partial charge in [0.25, 0.3) is 0 Å². The molecule has 1 amide bonds. The summed E-state index contributed by atoms with van der Waals surface area (Å²) in [6.07, 6.45) is 7.34. The number of hydrogen-bond donors (Lipinski definition) is 1. The quantitative estimate of drug-likeness (QED) is 0.810. The highest BCUT2D eigenvalue weighted by molar-refractivity contribution is 5.76. The van der Waals surface area contributed by atoms with Crippen LogP contribution in [0, 0.1) is 0 Å². The lowest BCUT2D eigenvalue weighted by Crippen LogP contribution is -2.53. The third-order valence-corrected chi connectivity index (χ3v) is 5.12. The molecule has 0 aromatic carbocycles. The highest BCUT2D eigenvalue weighted by Gasteiger charge is 2.36. The second-order valence-corrected chi connectivity index (χ2v) is 7.22. The van der Waals surface area contributed by atoms with E-state index in [1.54, 1.807) is 11.1 Å². The van der Waals surface area contributed by atoms with E-state index in [-0.39, 0.29) is 5.91 Å². The van der Waals surface area contributed by atoms with Gasteiger partial charge in [0.15, 0.2) is 0 Å². The van der Waals surface area contributed by atoms with Gasteiger partial charge in [-0.05, 0) is 25.9 Å². The Balaban J connectivity index is 1.56. The minimum atomic E-state index is -0.972. The number of aliphatic hydroxyl groups is 1. The van der Waals surface area contributed by atoms with Crippen LogP contribution in [0.4, 0.5) is 0 Å². The molecule has 2 aliphatic rings. The molecular formula is C18H30N4O3. The predicted octanol–water partition coefficient (Wildman–Crippen LogP) is 0.521. The molecule has 1 aromatic heterocycles. The lowest BCUT2D eigenvalue weighted by molar-refractivity contribution is -0.134. The lowest BCUT2D eigenvalue weighted by atomic mass is 10.0. The Morgan fingerprint density at radius 3 is 2.92 bits per heavy atom. The Morgan fingerprint density at radius 2 is 2.16 bits per heavy atom. The van der Waals surface area contributed by atoms with Crippen molar-refractivity contribution >= 4 is 5.91 Å². The van der Waals surface area contributed by atoms with Crippen LogP contribution in [-0.4, -0.2) is 81.9 Å². The van der Waals surface area contributed by atoms with Crippen molar-refractivity contribution in [3.05, 3.63) is 18.2 Å². The number of amides is 1. The fourth-order valence-corrected chi connectivity index (χ4v) is 3.81. The molecule has 1 atom stereocenters. The maximum atomic E-state index is 12.7. The highest BCUT2D eigenvalue weighted by atomic mass is 16.5. The van der Waals surface area contributed by atoms with Gasteiger partial charge in [0.05, 0.1) is 19.8 Å². The largest absolute Gasteiger partial charge is 0.384 e. The summed E-state index contributed by atoms with van der Waals surface area (Å²) in [7, 11) is 0. The number of ether oxygens (including phenoxy) is 1. The van der Waals surface area contributed by atoms with E-state index >= 15 is 0 Å². The topological polar surface area (TPSA) is 70.8 Å². The van der Waals surface area contributed by atoms with E-state index in [0.717, 1.165) is 25.3 Å². The van der Waals surface area contributed by atoms with Crippen molar-refractivity contribution in [1.29, 1.82) is 0 Å². The Hall–Kier alpha value is -1.44. The van der Waals surface area contributed by atoms with Crippen LogP contribution in [-0.2, 0) is 22.5 Å². The van der Waals surface area contributed by atoms with Crippen LogP contribution in [0.25, 0.3) is 0 Å². The maximum Gasteiger partial charge on any atom is 0.224 e. The van der Waals surface area contributed by atoms with Gasteiger partial charge in [-0.2, -0.15) is 0 Å². The number of hydrogen-bond acceptors (Lipinski definition) is 5. The summed E-state index contributed by atoms with van der Waals surface area (Å²) in [5, 5.41) is 11.0. The van der Waals surface area contributed by atoms with Crippen LogP contribution in [0.1, 0.15) is 32.0 Å². The highest BCUT2D eigenvalue weighted by Crippen LogP contribution is 2.18. The third-order valence-electron chi connectivity index (χ3n) is 5.12. The van der Waals surface area contributed by atoms with E-state index in [1.807, 2.05) is 10.8 Å². The molecule has 2 fully saturated rings. The minimum absolute atomic E-state index is 0.0705. The SMILES string of the molecule is CCc1nccn1CCC(=O)N1CCOC[C@@](O)(CN2CCCC2)C1. The number of aromatic nitrogens is 2. The lowest BCUT2D eigenvalue weighted by Gasteiger charge is -2.34. The first-order valence-corrected chi connectivity index (χ1v) is 9.40. The predicted molar refractivity (Wildman–Crippen MR) is 94.2 cm³/mol. The van der Waals surface area contributed by atoms with E-state index in [2.05, 4.69) is 16.8 Å². The summed E-state index contributed by atoms with van der Waals surface area (Å²) < 4.78 is 7.63. The van der Waals surface area contributed by atoms with Crippen LogP contribution >= 0.6 is 0 Å². The standard InChI is InChI=1S/C18H30N4O3/c1-2-16-19-6-10-21(16)9-5-17(23)22-11-12-25-15-18(24,14-22)13-20-7-3-4-8-20/h6,10,24H,2-5,7-9,11-15H2,1H3/t18-/m1/s1. The molecule has 3 rings (SSSR count). The zero-order chi connectivity index (χ0) is 17.7. The van der Waals surface area contributed by atoms with Crippen LogP contribution in [0.3, 0.4) is 0 Å². The average molecular weight is 350 g/mol. The number of rotatable bonds is 6. The van der Waals surface area contributed by atoms with Gasteiger partial charge >= 0.3 is 0 Å². The van der Waals surface area contributed by atoms with Crippen molar-refractivity contribution in [2.24, 2.45) is 0 Å². The van der Waals surface area contributed by atoms with E-state index in [9.17, 15) is 9.90 Å². The van der Waals surface area contributed by atoms with Crippen molar-refractivity contribution in [1.82, 2.24) is 19.4 Å². The molecule has 0 unspecified atom stereocenters. The molecule has 0 spiro atoms. The average Bonchev–Trinajstić information content (AvgIpc) is 3.22. The first kappa shape index (κ1) is 18.4. The van der Waals surface area contributed by atoms with Gasteiger partial charge in [0.1, 0.15) is 11.4 Å². The number of imidazole rings is 1. The number of likely N-dealkylation sites (tertiary alicyclic amines) is 1. The van der Waals surface area contributed by atoms with Crippen molar-refractivity contribution in [3.63, 3.8) is 0 Å². The molecule has 7 nitrogen and oxygen atoms in total. The zero-order valence-corrected chi connectivity index (χ0v) is 15.2. The molecular weight excluding hydrogens is 320 g/mol. The minimum Gasteiger partial charge on any atom is -0.384 e. The molecule has 1 aromatic rings. The molecule has 3 heterocycles. The first-order valence-electron chi connectivity index (χ1n) is 9.40. The van der Waals surface area contributed by atoms with Crippen LogP contribution in [0.15, 0.2) is 12.4 Å². The van der Waals surface area contributed by atoms with Gasteiger partial charge in [0.2, 0.25) is 5.91 Å². The summed E-state index contributed by atoms with van der Waals surface area (Å²) in [5.74, 6) is 1.07. The number of carbonyl (C=O) groups is 1. The molecule has 0 radical (unpaired) electrons. The number of nitrogens with zero attached hydrogens (tertiary/aromatic N) is 4. The number of aryl methyl sites for hydroxylation is 2. The Bertz CT molecular complexity index is 570. The van der Waals surface area contributed by atoms with E-state index in [1.165, 1.54) is 12.8 Å². The van der Waals surface area contributed by atoms with Crippen LogP contribution in [0.5, 0.6) is 0 Å². The molecule has 0 bridgehead atoms. The normalized spacial score (nSPS) is 25.3. The molecule has 7 heteroatoms. The second kappa shape index (κ2) is 8.29. The van der Waals surface area contributed by atoms with Crippen molar-refractivity contribution in [2.75, 3.05) is 45.9 Å². The van der Waals surface area contributed by atoms with Crippen molar-refractivity contribution < 1.29 is 14.6 Å². The Labute approximate surface area is 149 Å². The smallest absolute Gasteiger partial charge is 0.224 e. The maximum absolute atomic E-state index is 12.7. The van der Waals surface area contributed by atoms with Gasteiger partial charge in [-0.25, -0.2) is 4.98 Å². The van der Waals surface area contributed by atoms with Gasteiger partial charge < -0.3 is 24.2 Å². The summed E-state index contributed by atoms with van der Waals surface area (Å²) >= 11 is 0. The first-order chi connectivity index (χ1) is 12.1. The number of carbonyl (C=O) groups excluding carboxylic acids is 1. The van der Waals surface area contributed by atoms with Gasteiger partial charge in [-0.15, -0.1) is 0 Å². The fraction of sp³-hybridized carbons (Fsp3) is 0.778. The summed E-state index contributed by atoms with van der Waals surface area (Å²) in [5.41, 5.74) is -0.972. The van der Waals surface area contributed by atoms with E-state index in [0.29, 0.717) is 45.8 Å². The molecule has 2 saturated heterocycles. The third kappa shape index (κ3) is 4.80. The van der Waals surface area contributed by atoms with E-state index < -0.39 is 5.60 Å². The van der Waals surface area contributed by atoms with E-state index in [4.69, 9.17) is 4.74 Å². The van der Waals surface area contributed by atoms with Crippen LogP contribution < -0.4 is 0 Å². The van der Waals surface area contributed by atoms with Crippen LogP contribution in [0.2, 0.25) is 0 Å². The molecule has 2 aliphatic heterocycles. The second-order valence-electron chi connectivity index (χ2n) is 7.22. The van der Waals surface area contributed by atoms with Gasteiger partial charge in [0, 0.05) is 44.9 Å². The molecule has 1 N–H and O–H groups in total. The molecule has 0 aliphatic carbocycles.